The number of carbonyl (C=O) groups is 1. The van der Waals surface area contributed by atoms with Gasteiger partial charge in [-0.3, -0.25) is 9.78 Å². The summed E-state index contributed by atoms with van der Waals surface area (Å²) in [6, 6.07) is 9.18. The first-order valence-electron chi connectivity index (χ1n) is 10.3. The predicted octanol–water partition coefficient (Wildman–Crippen LogP) is 3.81. The van der Waals surface area contributed by atoms with E-state index in [9.17, 15) is 13.6 Å². The van der Waals surface area contributed by atoms with Crippen molar-refractivity contribution in [2.24, 2.45) is 5.92 Å². The van der Waals surface area contributed by atoms with Crippen LogP contribution in [0.3, 0.4) is 0 Å². The van der Waals surface area contributed by atoms with Crippen LogP contribution < -0.4 is 10.1 Å². The zero-order valence-corrected chi connectivity index (χ0v) is 17.3. The van der Waals surface area contributed by atoms with E-state index in [2.05, 4.69) is 20.2 Å². The minimum Gasteiger partial charge on any atom is -0.481 e. The molecular weight excluding hydrogens is 402 g/mol. The van der Waals surface area contributed by atoms with E-state index in [1.165, 1.54) is 25.3 Å². The third-order valence-electron chi connectivity index (χ3n) is 5.72. The van der Waals surface area contributed by atoms with E-state index < -0.39 is 11.6 Å². The fourth-order valence-corrected chi connectivity index (χ4v) is 3.92. The van der Waals surface area contributed by atoms with Gasteiger partial charge in [-0.05, 0) is 56.6 Å². The van der Waals surface area contributed by atoms with Crippen LogP contribution in [0.1, 0.15) is 18.4 Å². The molecule has 1 aromatic carbocycles. The van der Waals surface area contributed by atoms with Crippen LogP contribution in [0.15, 0.2) is 42.6 Å². The third kappa shape index (κ3) is 4.80. The standard InChI is InChI=1S/C23H24F2N4O2/c1-31-21-6-5-19-22(28-21)20(7-11-26-19)27-23(30)15-8-12-29(13-9-15)14-10-16-17(24)3-2-4-18(16)25/h2-7,11,15H,8-10,12-14H2,1H3,(H,26,27,30). The molecule has 1 N–H and O–H groups in total. The van der Waals surface area contributed by atoms with E-state index in [4.69, 9.17) is 4.74 Å². The minimum absolute atomic E-state index is 0.0584. The largest absolute Gasteiger partial charge is 0.481 e. The number of hydrogen-bond acceptors (Lipinski definition) is 5. The van der Waals surface area contributed by atoms with Crippen LogP contribution in [0.25, 0.3) is 11.0 Å². The number of anilines is 1. The van der Waals surface area contributed by atoms with E-state index in [0.29, 0.717) is 61.5 Å². The molecule has 0 radical (unpaired) electrons. The van der Waals surface area contributed by atoms with E-state index in [0.717, 1.165) is 0 Å². The van der Waals surface area contributed by atoms with E-state index in [1.54, 1.807) is 24.4 Å². The van der Waals surface area contributed by atoms with Crippen molar-refractivity contribution in [3.63, 3.8) is 0 Å². The Hall–Kier alpha value is -3.13. The molecule has 0 atom stereocenters. The number of methoxy groups -OCH3 is 1. The molecule has 0 unspecified atom stereocenters. The van der Waals surface area contributed by atoms with Crippen LogP contribution in [0.4, 0.5) is 14.5 Å². The zero-order chi connectivity index (χ0) is 21.8. The van der Waals surface area contributed by atoms with Crippen molar-refractivity contribution in [1.29, 1.82) is 0 Å². The highest BCUT2D eigenvalue weighted by atomic mass is 19.1. The van der Waals surface area contributed by atoms with Crippen molar-refractivity contribution >= 4 is 22.6 Å². The lowest BCUT2D eigenvalue weighted by Gasteiger charge is -2.31. The highest BCUT2D eigenvalue weighted by Gasteiger charge is 2.26. The van der Waals surface area contributed by atoms with Gasteiger partial charge in [-0.1, -0.05) is 6.07 Å². The summed E-state index contributed by atoms with van der Waals surface area (Å²) in [7, 11) is 1.54. The molecule has 0 saturated carbocycles. The smallest absolute Gasteiger partial charge is 0.227 e. The highest BCUT2D eigenvalue weighted by molar-refractivity contribution is 6.00. The first-order chi connectivity index (χ1) is 15.0. The molecule has 3 heterocycles. The number of pyridine rings is 2. The normalized spacial score (nSPS) is 15.2. The van der Waals surface area contributed by atoms with Crippen molar-refractivity contribution in [1.82, 2.24) is 14.9 Å². The number of fused-ring (bicyclic) bond motifs is 1. The van der Waals surface area contributed by atoms with Gasteiger partial charge in [-0.15, -0.1) is 0 Å². The molecule has 0 aliphatic carbocycles. The molecule has 1 fully saturated rings. The number of nitrogens with zero attached hydrogens (tertiary/aromatic N) is 3. The molecule has 1 amide bonds. The number of ether oxygens (including phenoxy) is 1. The lowest BCUT2D eigenvalue weighted by atomic mass is 9.95. The van der Waals surface area contributed by atoms with Gasteiger partial charge in [0.15, 0.2) is 0 Å². The average molecular weight is 426 g/mol. The Kier molecular flexibility index (Phi) is 6.36. The van der Waals surface area contributed by atoms with Crippen LogP contribution in [-0.4, -0.2) is 47.5 Å². The molecule has 2 aromatic heterocycles. The topological polar surface area (TPSA) is 67.3 Å². The summed E-state index contributed by atoms with van der Waals surface area (Å²) in [5, 5.41) is 2.98. The Morgan fingerprint density at radius 2 is 1.90 bits per heavy atom. The van der Waals surface area contributed by atoms with E-state index in [-0.39, 0.29) is 17.4 Å². The molecule has 0 bridgehead atoms. The first-order valence-corrected chi connectivity index (χ1v) is 10.3. The van der Waals surface area contributed by atoms with Crippen LogP contribution >= 0.6 is 0 Å². The third-order valence-corrected chi connectivity index (χ3v) is 5.72. The molecule has 162 valence electrons. The molecule has 8 heteroatoms. The van der Waals surface area contributed by atoms with Crippen LogP contribution in [0.5, 0.6) is 5.88 Å². The monoisotopic (exact) mass is 426 g/mol. The van der Waals surface area contributed by atoms with Gasteiger partial charge >= 0.3 is 0 Å². The average Bonchev–Trinajstić information content (AvgIpc) is 2.79. The number of nitrogens with one attached hydrogen (secondary N) is 1. The highest BCUT2D eigenvalue weighted by Crippen LogP contribution is 2.25. The van der Waals surface area contributed by atoms with Crippen molar-refractivity contribution in [3.8, 4) is 5.88 Å². The van der Waals surface area contributed by atoms with Crippen LogP contribution in [0, 0.1) is 17.6 Å². The van der Waals surface area contributed by atoms with E-state index >= 15 is 0 Å². The summed E-state index contributed by atoms with van der Waals surface area (Å²) >= 11 is 0. The van der Waals surface area contributed by atoms with Gasteiger partial charge in [0.05, 0.1) is 18.3 Å². The summed E-state index contributed by atoms with van der Waals surface area (Å²) in [5.74, 6) is -0.754. The molecule has 31 heavy (non-hydrogen) atoms. The number of carbonyl (C=O) groups excluding carboxylic acids is 1. The van der Waals surface area contributed by atoms with Gasteiger partial charge in [-0.2, -0.15) is 0 Å². The van der Waals surface area contributed by atoms with Crippen LogP contribution in [0.2, 0.25) is 0 Å². The van der Waals surface area contributed by atoms with Gasteiger partial charge in [0.2, 0.25) is 11.8 Å². The summed E-state index contributed by atoms with van der Waals surface area (Å²) < 4.78 is 32.8. The Labute approximate surface area is 179 Å². The maximum Gasteiger partial charge on any atom is 0.227 e. The Balaban J connectivity index is 1.34. The molecule has 3 aromatic rings. The number of halogens is 2. The quantitative estimate of drug-likeness (QED) is 0.649. The molecule has 1 saturated heterocycles. The Bertz CT molecular complexity index is 1060. The second-order valence-electron chi connectivity index (χ2n) is 7.64. The fourth-order valence-electron chi connectivity index (χ4n) is 3.92. The van der Waals surface area contributed by atoms with Gasteiger partial charge < -0.3 is 15.0 Å². The fraction of sp³-hybridized carbons (Fsp3) is 0.348. The Morgan fingerprint density at radius 1 is 1.16 bits per heavy atom. The predicted molar refractivity (Wildman–Crippen MR) is 114 cm³/mol. The number of rotatable bonds is 6. The zero-order valence-electron chi connectivity index (χ0n) is 17.3. The molecule has 4 rings (SSSR count). The molecule has 6 nitrogen and oxygen atoms in total. The van der Waals surface area contributed by atoms with Crippen molar-refractivity contribution in [2.75, 3.05) is 32.1 Å². The summed E-state index contributed by atoms with van der Waals surface area (Å²) in [4.78, 5) is 23.7. The molecule has 1 aliphatic heterocycles. The lowest BCUT2D eigenvalue weighted by Crippen LogP contribution is -2.39. The summed E-state index contributed by atoms with van der Waals surface area (Å²) in [6.07, 6.45) is 3.32. The van der Waals surface area contributed by atoms with Gasteiger partial charge in [0.25, 0.3) is 0 Å². The van der Waals surface area contributed by atoms with E-state index in [1.807, 2.05) is 0 Å². The number of likely N-dealkylation sites (tertiary alicyclic amines) is 1. The minimum atomic E-state index is -0.510. The number of amides is 1. The SMILES string of the molecule is COc1ccc2nccc(NC(=O)C3CCN(CCc4c(F)cccc4F)CC3)c2n1. The van der Waals surface area contributed by atoms with Crippen molar-refractivity contribution in [2.45, 2.75) is 19.3 Å². The second kappa shape index (κ2) is 9.34. The van der Waals surface area contributed by atoms with Gasteiger partial charge in [-0.25, -0.2) is 13.8 Å². The molecular formula is C23H24F2N4O2. The van der Waals surface area contributed by atoms with Gasteiger partial charge in [0, 0.05) is 30.3 Å². The number of benzene rings is 1. The van der Waals surface area contributed by atoms with Crippen molar-refractivity contribution in [3.05, 3.63) is 59.8 Å². The second-order valence-corrected chi connectivity index (χ2v) is 7.64. The summed E-state index contributed by atoms with van der Waals surface area (Å²) in [5.41, 5.74) is 1.98. The maximum atomic E-state index is 13.8. The number of aromatic nitrogens is 2. The van der Waals surface area contributed by atoms with Crippen LogP contribution in [-0.2, 0) is 11.2 Å². The van der Waals surface area contributed by atoms with Gasteiger partial charge in [0.1, 0.15) is 17.2 Å². The Morgan fingerprint density at radius 3 is 2.61 bits per heavy atom. The molecule has 1 aliphatic rings. The van der Waals surface area contributed by atoms with Crippen molar-refractivity contribution < 1.29 is 18.3 Å². The number of piperidine rings is 1. The molecule has 0 spiro atoms. The first kappa shape index (κ1) is 21.1. The maximum absolute atomic E-state index is 13.8. The number of hydrogen-bond donors (Lipinski definition) is 1. The lowest BCUT2D eigenvalue weighted by molar-refractivity contribution is -0.121. The summed E-state index contributed by atoms with van der Waals surface area (Å²) in [6.45, 7) is 1.97.